The number of H-pyrrole nitrogens is 1. The van der Waals surface area contributed by atoms with Gasteiger partial charge < -0.3 is 15.2 Å². The van der Waals surface area contributed by atoms with E-state index in [0.29, 0.717) is 12.8 Å². The fourth-order valence-electron chi connectivity index (χ4n) is 2.13. The van der Waals surface area contributed by atoms with Crippen LogP contribution in [-0.4, -0.2) is 41.5 Å². The average molecular weight is 260 g/mol. The molecule has 1 amide bonds. The highest BCUT2D eigenvalue weighted by Crippen LogP contribution is 2.21. The summed E-state index contributed by atoms with van der Waals surface area (Å²) in [6.45, 7) is 1.53. The van der Waals surface area contributed by atoms with Crippen LogP contribution in [0.1, 0.15) is 23.3 Å². The van der Waals surface area contributed by atoms with Crippen molar-refractivity contribution in [3.63, 3.8) is 0 Å². The van der Waals surface area contributed by atoms with Crippen molar-refractivity contribution in [3.05, 3.63) is 34.2 Å². The highest BCUT2D eigenvalue weighted by atomic mass is 16.2. The van der Waals surface area contributed by atoms with E-state index in [-0.39, 0.29) is 11.3 Å². The fourth-order valence-corrected chi connectivity index (χ4v) is 2.13. The molecular formula is C13H16N4O2. The number of amides is 1. The second-order valence-electron chi connectivity index (χ2n) is 4.88. The van der Waals surface area contributed by atoms with E-state index in [1.54, 1.807) is 0 Å². The predicted octanol–water partition coefficient (Wildman–Crippen LogP) is 0.0927. The van der Waals surface area contributed by atoms with Gasteiger partial charge in [0, 0.05) is 19.2 Å². The molecule has 2 rings (SSSR count). The van der Waals surface area contributed by atoms with Gasteiger partial charge in [0.2, 0.25) is 5.56 Å². The molecule has 1 aromatic heterocycles. The largest absolute Gasteiger partial charge is 0.332 e. The quantitative estimate of drug-likeness (QED) is 0.789. The van der Waals surface area contributed by atoms with Crippen molar-refractivity contribution in [1.82, 2.24) is 15.2 Å². The Bertz CT molecular complexity index is 564. The number of carbonyl (C=O) groups is 1. The third kappa shape index (κ3) is 3.01. The van der Waals surface area contributed by atoms with Crippen molar-refractivity contribution in [2.24, 2.45) is 0 Å². The maximum atomic E-state index is 12.1. The summed E-state index contributed by atoms with van der Waals surface area (Å²) in [6.07, 6.45) is 1.17. The number of rotatable bonds is 2. The fraction of sp³-hybridized carbons (Fsp3) is 0.462. The van der Waals surface area contributed by atoms with Gasteiger partial charge in [-0.15, -0.1) is 0 Å². The lowest BCUT2D eigenvalue weighted by atomic mass is 9.89. The van der Waals surface area contributed by atoms with Crippen LogP contribution in [0, 0.1) is 11.3 Å². The van der Waals surface area contributed by atoms with E-state index in [9.17, 15) is 14.9 Å². The smallest absolute Gasteiger partial charge is 0.269 e. The highest BCUT2D eigenvalue weighted by Gasteiger charge is 2.35. The van der Waals surface area contributed by atoms with Crippen molar-refractivity contribution in [2.45, 2.75) is 18.4 Å². The number of aromatic nitrogens is 1. The van der Waals surface area contributed by atoms with Gasteiger partial charge in [-0.2, -0.15) is 5.26 Å². The summed E-state index contributed by atoms with van der Waals surface area (Å²) >= 11 is 0. The molecule has 0 atom stereocenters. The Labute approximate surface area is 111 Å². The monoisotopic (exact) mass is 260 g/mol. The van der Waals surface area contributed by atoms with Crippen molar-refractivity contribution in [2.75, 3.05) is 20.1 Å². The van der Waals surface area contributed by atoms with Crippen LogP contribution in [0.15, 0.2) is 23.0 Å². The molecule has 1 aromatic rings. The van der Waals surface area contributed by atoms with E-state index in [1.165, 1.54) is 18.2 Å². The van der Waals surface area contributed by atoms with E-state index < -0.39 is 11.4 Å². The number of hydrogen-bond acceptors (Lipinski definition) is 4. The zero-order valence-corrected chi connectivity index (χ0v) is 10.8. The number of piperidine rings is 1. The summed E-state index contributed by atoms with van der Waals surface area (Å²) in [4.78, 5) is 27.8. The first-order chi connectivity index (χ1) is 9.04. The minimum Gasteiger partial charge on any atom is -0.332 e. The number of carbonyl (C=O) groups excluding carboxylic acids is 1. The summed E-state index contributed by atoms with van der Waals surface area (Å²) in [5.74, 6) is -0.413. The number of nitrogens with one attached hydrogen (secondary N) is 2. The van der Waals surface area contributed by atoms with Crippen LogP contribution in [-0.2, 0) is 0 Å². The Morgan fingerprint density at radius 3 is 2.74 bits per heavy atom. The molecule has 0 bridgehead atoms. The maximum Gasteiger partial charge on any atom is 0.269 e. The average Bonchev–Trinajstić information content (AvgIpc) is 2.42. The van der Waals surface area contributed by atoms with Crippen LogP contribution in [0.3, 0.4) is 0 Å². The minimum atomic E-state index is -0.837. The van der Waals surface area contributed by atoms with Crippen molar-refractivity contribution in [3.8, 4) is 6.07 Å². The number of pyridine rings is 1. The van der Waals surface area contributed by atoms with Crippen LogP contribution >= 0.6 is 0 Å². The van der Waals surface area contributed by atoms with Crippen LogP contribution in [0.2, 0.25) is 0 Å². The van der Waals surface area contributed by atoms with Gasteiger partial charge in [-0.25, -0.2) is 0 Å². The molecule has 2 N–H and O–H groups in total. The summed E-state index contributed by atoms with van der Waals surface area (Å²) in [5, 5.41) is 12.1. The molecule has 1 saturated heterocycles. The molecule has 0 saturated carbocycles. The normalized spacial score (nSPS) is 18.5. The Morgan fingerprint density at radius 1 is 1.47 bits per heavy atom. The zero-order chi connectivity index (χ0) is 13.9. The predicted molar refractivity (Wildman–Crippen MR) is 69.6 cm³/mol. The Hall–Kier alpha value is -2.13. The van der Waals surface area contributed by atoms with Crippen LogP contribution in [0.5, 0.6) is 0 Å². The van der Waals surface area contributed by atoms with Gasteiger partial charge in [-0.05, 0) is 26.0 Å². The van der Waals surface area contributed by atoms with Crippen LogP contribution in [0.25, 0.3) is 0 Å². The van der Waals surface area contributed by atoms with Crippen molar-refractivity contribution < 1.29 is 4.79 Å². The van der Waals surface area contributed by atoms with Crippen LogP contribution in [0.4, 0.5) is 0 Å². The van der Waals surface area contributed by atoms with Gasteiger partial charge in [0.1, 0.15) is 11.2 Å². The standard InChI is InChI=1S/C13H16N4O2/c1-17-7-5-13(9-14,6-8-17)16-12(19)10-3-2-4-11(18)15-10/h2-4H,5-8H2,1H3,(H,15,18)(H,16,19). The molecule has 0 aromatic carbocycles. The van der Waals surface area contributed by atoms with E-state index in [2.05, 4.69) is 21.3 Å². The molecule has 2 heterocycles. The van der Waals surface area contributed by atoms with Crippen LogP contribution < -0.4 is 10.9 Å². The van der Waals surface area contributed by atoms with E-state index >= 15 is 0 Å². The number of likely N-dealkylation sites (tertiary alicyclic amines) is 1. The van der Waals surface area contributed by atoms with Gasteiger partial charge in [0.15, 0.2) is 0 Å². The molecule has 6 nitrogen and oxygen atoms in total. The number of aromatic amines is 1. The van der Waals surface area contributed by atoms with Crippen molar-refractivity contribution in [1.29, 1.82) is 5.26 Å². The topological polar surface area (TPSA) is 89.0 Å². The summed E-state index contributed by atoms with van der Waals surface area (Å²) < 4.78 is 0. The third-order valence-electron chi connectivity index (χ3n) is 3.42. The number of hydrogen-bond donors (Lipinski definition) is 2. The first kappa shape index (κ1) is 13.3. The van der Waals surface area contributed by atoms with Crippen molar-refractivity contribution >= 4 is 5.91 Å². The lowest BCUT2D eigenvalue weighted by Gasteiger charge is -2.35. The van der Waals surface area contributed by atoms with Gasteiger partial charge in [0.05, 0.1) is 6.07 Å². The van der Waals surface area contributed by atoms with E-state index in [0.717, 1.165) is 13.1 Å². The van der Waals surface area contributed by atoms with Gasteiger partial charge in [-0.1, -0.05) is 6.07 Å². The Balaban J connectivity index is 2.13. The SMILES string of the molecule is CN1CCC(C#N)(NC(=O)c2cccc(=O)[nH]2)CC1. The second-order valence-corrected chi connectivity index (χ2v) is 4.88. The third-order valence-corrected chi connectivity index (χ3v) is 3.42. The summed E-state index contributed by atoms with van der Waals surface area (Å²) in [7, 11) is 1.98. The molecule has 1 aliphatic rings. The molecule has 19 heavy (non-hydrogen) atoms. The lowest BCUT2D eigenvalue weighted by Crippen LogP contribution is -2.54. The molecule has 100 valence electrons. The maximum absolute atomic E-state index is 12.1. The first-order valence-electron chi connectivity index (χ1n) is 6.16. The number of nitriles is 1. The molecular weight excluding hydrogens is 244 g/mol. The second kappa shape index (κ2) is 5.24. The summed E-state index contributed by atoms with van der Waals surface area (Å²) in [5.41, 5.74) is -0.987. The van der Waals surface area contributed by atoms with Gasteiger partial charge in [0.25, 0.3) is 5.91 Å². The Morgan fingerprint density at radius 2 is 2.16 bits per heavy atom. The molecule has 0 spiro atoms. The van der Waals surface area contributed by atoms with Gasteiger partial charge in [-0.3, -0.25) is 9.59 Å². The summed E-state index contributed by atoms with van der Waals surface area (Å²) in [6, 6.07) is 6.58. The molecule has 0 aliphatic carbocycles. The minimum absolute atomic E-state index is 0.182. The Kier molecular flexibility index (Phi) is 3.67. The molecule has 0 unspecified atom stereocenters. The van der Waals surface area contributed by atoms with E-state index in [1.807, 2.05) is 7.05 Å². The first-order valence-corrected chi connectivity index (χ1v) is 6.16. The number of nitrogens with zero attached hydrogens (tertiary/aromatic N) is 2. The molecule has 0 radical (unpaired) electrons. The highest BCUT2D eigenvalue weighted by molar-refractivity contribution is 5.93. The molecule has 1 fully saturated rings. The molecule has 6 heteroatoms. The lowest BCUT2D eigenvalue weighted by molar-refractivity contribution is 0.0876. The van der Waals surface area contributed by atoms with Gasteiger partial charge >= 0.3 is 0 Å². The van der Waals surface area contributed by atoms with E-state index in [4.69, 9.17) is 0 Å². The zero-order valence-electron chi connectivity index (χ0n) is 10.8. The molecule has 1 aliphatic heterocycles.